The second-order valence-corrected chi connectivity index (χ2v) is 10.1. The minimum absolute atomic E-state index is 0.0433. The molecule has 1 aliphatic rings. The normalized spacial score (nSPS) is 14.1. The van der Waals surface area contributed by atoms with E-state index in [9.17, 15) is 18.8 Å². The van der Waals surface area contributed by atoms with E-state index in [1.54, 1.807) is 54.6 Å². The Labute approximate surface area is 239 Å². The lowest BCUT2D eigenvalue weighted by molar-refractivity contribution is -0.127. The zero-order chi connectivity index (χ0) is 26.5. The number of amides is 4. The summed E-state index contributed by atoms with van der Waals surface area (Å²) in [6, 6.07) is 16.1. The number of ether oxygens (including phenoxy) is 2. The van der Waals surface area contributed by atoms with Crippen molar-refractivity contribution in [2.45, 2.75) is 6.61 Å². The first-order chi connectivity index (χ1) is 17.8. The highest BCUT2D eigenvalue weighted by molar-refractivity contribution is 14.1. The summed E-state index contributed by atoms with van der Waals surface area (Å²) in [6.45, 7) is -0.391. The lowest BCUT2D eigenvalue weighted by atomic mass is 10.2. The Kier molecular flexibility index (Phi) is 8.63. The van der Waals surface area contributed by atoms with Gasteiger partial charge < -0.3 is 20.1 Å². The Morgan fingerprint density at radius 1 is 1.08 bits per heavy atom. The topological polar surface area (TPSA) is 97.0 Å². The molecule has 1 saturated heterocycles. The van der Waals surface area contributed by atoms with E-state index < -0.39 is 24.4 Å². The highest BCUT2D eigenvalue weighted by Crippen LogP contribution is 2.31. The van der Waals surface area contributed by atoms with Crippen molar-refractivity contribution < 1.29 is 28.2 Å². The van der Waals surface area contributed by atoms with Crippen LogP contribution < -0.4 is 20.1 Å². The number of halogens is 3. The van der Waals surface area contributed by atoms with E-state index in [-0.39, 0.29) is 18.1 Å². The molecule has 0 bridgehead atoms. The quantitative estimate of drug-likeness (QED) is 0.190. The van der Waals surface area contributed by atoms with Crippen LogP contribution in [0.2, 0.25) is 0 Å². The number of rotatable bonds is 8. The van der Waals surface area contributed by atoms with Crippen molar-refractivity contribution in [1.29, 1.82) is 0 Å². The number of anilines is 1. The fourth-order valence-corrected chi connectivity index (χ4v) is 5.66. The number of benzene rings is 3. The van der Waals surface area contributed by atoms with Crippen LogP contribution in [0.5, 0.6) is 11.5 Å². The third kappa shape index (κ3) is 6.39. The molecule has 0 unspecified atom stereocenters. The molecule has 4 amide bonds. The first kappa shape index (κ1) is 26.9. The van der Waals surface area contributed by atoms with Crippen molar-refractivity contribution in [2.75, 3.05) is 19.0 Å². The van der Waals surface area contributed by atoms with E-state index in [4.69, 9.17) is 9.47 Å². The van der Waals surface area contributed by atoms with E-state index in [1.807, 2.05) is 0 Å². The van der Waals surface area contributed by atoms with Crippen LogP contribution in [0, 0.1) is 13.0 Å². The summed E-state index contributed by atoms with van der Waals surface area (Å²) in [4.78, 5) is 38.6. The molecule has 2 N–H and O–H groups in total. The molecule has 1 aliphatic heterocycles. The number of nitrogens with one attached hydrogen (secondary N) is 2. The van der Waals surface area contributed by atoms with Crippen molar-refractivity contribution >= 4 is 74.8 Å². The summed E-state index contributed by atoms with van der Waals surface area (Å²) < 4.78 is 26.5. The van der Waals surface area contributed by atoms with E-state index >= 15 is 0 Å². The predicted octanol–water partition coefficient (Wildman–Crippen LogP) is 5.15. The van der Waals surface area contributed by atoms with Crippen LogP contribution in [0.3, 0.4) is 0 Å². The highest BCUT2D eigenvalue weighted by Gasteiger charge is 2.35. The van der Waals surface area contributed by atoms with Crippen LogP contribution in [0.1, 0.15) is 11.1 Å². The monoisotopic (exact) mass is 727 g/mol. The SMILES string of the molecule is COc1ccccc1NC(=O)CN1C(=O)N/C(=C/c2cc(I)c(OCc3ccccc3F)c(I)c2)C1=O. The molecule has 0 saturated carbocycles. The maximum atomic E-state index is 13.9. The number of carbonyl (C=O) groups excluding carboxylic acids is 3. The number of para-hydroxylation sites is 2. The molecular formula is C26H20FI2N3O5. The van der Waals surface area contributed by atoms with Gasteiger partial charge >= 0.3 is 6.03 Å². The van der Waals surface area contributed by atoms with Gasteiger partial charge in [0.15, 0.2) is 0 Å². The highest BCUT2D eigenvalue weighted by atomic mass is 127. The van der Waals surface area contributed by atoms with E-state index in [0.717, 1.165) is 12.0 Å². The first-order valence-corrected chi connectivity index (χ1v) is 13.0. The number of urea groups is 1. The maximum absolute atomic E-state index is 13.9. The van der Waals surface area contributed by atoms with Crippen LogP contribution in [-0.4, -0.2) is 36.4 Å². The third-order valence-corrected chi connectivity index (χ3v) is 6.91. The second kappa shape index (κ2) is 11.9. The van der Waals surface area contributed by atoms with Crippen molar-refractivity contribution in [3.63, 3.8) is 0 Å². The van der Waals surface area contributed by atoms with Crippen LogP contribution in [0.25, 0.3) is 6.08 Å². The molecular weight excluding hydrogens is 707 g/mol. The Bertz CT molecular complexity index is 1390. The summed E-state index contributed by atoms with van der Waals surface area (Å²) in [5, 5.41) is 5.16. The average molecular weight is 727 g/mol. The lowest BCUT2D eigenvalue weighted by Gasteiger charge is -2.13. The van der Waals surface area contributed by atoms with E-state index in [0.29, 0.717) is 28.3 Å². The van der Waals surface area contributed by atoms with Gasteiger partial charge in [0.1, 0.15) is 36.2 Å². The predicted molar refractivity (Wildman–Crippen MR) is 152 cm³/mol. The van der Waals surface area contributed by atoms with Gasteiger partial charge in [-0.1, -0.05) is 30.3 Å². The van der Waals surface area contributed by atoms with Crippen molar-refractivity contribution in [1.82, 2.24) is 10.2 Å². The van der Waals surface area contributed by atoms with Crippen LogP contribution in [0.15, 0.2) is 66.4 Å². The molecule has 1 fully saturated rings. The Morgan fingerprint density at radius 3 is 2.46 bits per heavy atom. The van der Waals surface area contributed by atoms with Crippen LogP contribution in [-0.2, 0) is 16.2 Å². The molecule has 0 aromatic heterocycles. The number of imide groups is 1. The molecule has 4 rings (SSSR count). The summed E-state index contributed by atoms with van der Waals surface area (Å²) in [5.74, 6) is -0.465. The Hall–Kier alpha value is -3.20. The average Bonchev–Trinajstić information content (AvgIpc) is 3.12. The Morgan fingerprint density at radius 2 is 1.76 bits per heavy atom. The molecule has 11 heteroatoms. The molecule has 3 aromatic carbocycles. The Balaban J connectivity index is 1.45. The van der Waals surface area contributed by atoms with Crippen LogP contribution in [0.4, 0.5) is 14.9 Å². The molecule has 0 radical (unpaired) electrons. The largest absolute Gasteiger partial charge is 0.495 e. The third-order valence-electron chi connectivity index (χ3n) is 5.31. The molecule has 0 spiro atoms. The maximum Gasteiger partial charge on any atom is 0.329 e. The van der Waals surface area contributed by atoms with E-state index in [1.165, 1.54) is 19.3 Å². The zero-order valence-electron chi connectivity index (χ0n) is 19.4. The lowest BCUT2D eigenvalue weighted by Crippen LogP contribution is -2.38. The molecule has 1 heterocycles. The van der Waals surface area contributed by atoms with Gasteiger partial charge in [0, 0.05) is 5.56 Å². The summed E-state index contributed by atoms with van der Waals surface area (Å²) in [7, 11) is 1.48. The minimum atomic E-state index is -0.694. The molecule has 37 heavy (non-hydrogen) atoms. The fourth-order valence-electron chi connectivity index (χ4n) is 3.53. The number of nitrogens with zero attached hydrogens (tertiary/aromatic N) is 1. The first-order valence-electron chi connectivity index (χ1n) is 10.9. The second-order valence-electron chi connectivity index (χ2n) is 7.82. The van der Waals surface area contributed by atoms with Gasteiger partial charge in [0.25, 0.3) is 5.91 Å². The van der Waals surface area contributed by atoms with Gasteiger partial charge in [0.2, 0.25) is 5.91 Å². The van der Waals surface area contributed by atoms with Gasteiger partial charge in [-0.3, -0.25) is 9.59 Å². The van der Waals surface area contributed by atoms with Gasteiger partial charge in [-0.2, -0.15) is 0 Å². The van der Waals surface area contributed by atoms with Crippen LogP contribution >= 0.6 is 45.2 Å². The molecule has 8 nitrogen and oxygen atoms in total. The van der Waals surface area contributed by atoms with Crippen molar-refractivity contribution in [3.8, 4) is 11.5 Å². The molecule has 0 atom stereocenters. The number of carbonyl (C=O) groups is 3. The van der Waals surface area contributed by atoms with Gasteiger partial charge in [0.05, 0.1) is 19.9 Å². The summed E-state index contributed by atoms with van der Waals surface area (Å²) >= 11 is 4.19. The molecule has 190 valence electrons. The number of hydrogen-bond donors (Lipinski definition) is 2. The van der Waals surface area contributed by atoms with Gasteiger partial charge in [-0.15, -0.1) is 0 Å². The summed E-state index contributed by atoms with van der Waals surface area (Å²) in [6.07, 6.45) is 1.53. The fraction of sp³-hybridized carbons (Fsp3) is 0.115. The van der Waals surface area contributed by atoms with Crippen molar-refractivity contribution in [2.24, 2.45) is 0 Å². The zero-order valence-corrected chi connectivity index (χ0v) is 23.7. The molecule has 3 aromatic rings. The smallest absolute Gasteiger partial charge is 0.329 e. The number of methoxy groups -OCH3 is 1. The van der Waals surface area contributed by atoms with Gasteiger partial charge in [-0.25, -0.2) is 14.1 Å². The van der Waals surface area contributed by atoms with Crippen molar-refractivity contribution in [3.05, 3.63) is 90.4 Å². The standard InChI is InChI=1S/C26H20FI2N3O5/c1-36-22-9-5-4-8-20(22)30-23(33)13-32-25(34)21(31-26(32)35)12-15-10-18(28)24(19(29)11-15)37-14-16-6-2-3-7-17(16)27/h2-12H,13-14H2,1H3,(H,30,33)(H,31,35)/b21-12+. The molecule has 0 aliphatic carbocycles. The van der Waals surface area contributed by atoms with E-state index in [2.05, 4.69) is 55.8 Å². The minimum Gasteiger partial charge on any atom is -0.495 e. The van der Waals surface area contributed by atoms with Gasteiger partial charge in [-0.05, 0) is 87.2 Å². The number of hydrogen-bond acceptors (Lipinski definition) is 5. The summed E-state index contributed by atoms with van der Waals surface area (Å²) in [5.41, 5.74) is 1.56.